The second-order valence-corrected chi connectivity index (χ2v) is 4.72. The molecule has 0 saturated carbocycles. The predicted molar refractivity (Wildman–Crippen MR) is 78.3 cm³/mol. The SMILES string of the molecule is COc1ccc(/C=C/c2cc(Cl)c(F)c(Cl)c2)cc1. The van der Waals surface area contributed by atoms with E-state index in [2.05, 4.69) is 0 Å². The first-order valence-electron chi connectivity index (χ1n) is 5.57. The van der Waals surface area contributed by atoms with E-state index in [0.29, 0.717) is 0 Å². The lowest BCUT2D eigenvalue weighted by Gasteiger charge is -2.01. The van der Waals surface area contributed by atoms with Crippen molar-refractivity contribution in [3.8, 4) is 5.75 Å². The van der Waals surface area contributed by atoms with E-state index in [4.69, 9.17) is 27.9 Å². The van der Waals surface area contributed by atoms with Gasteiger partial charge in [0.15, 0.2) is 5.82 Å². The van der Waals surface area contributed by atoms with Crippen LogP contribution in [0.2, 0.25) is 10.0 Å². The molecule has 98 valence electrons. The summed E-state index contributed by atoms with van der Waals surface area (Å²) in [7, 11) is 1.62. The molecule has 0 atom stereocenters. The normalized spacial score (nSPS) is 10.9. The summed E-state index contributed by atoms with van der Waals surface area (Å²) in [5.74, 6) is 0.204. The molecule has 0 aromatic heterocycles. The van der Waals surface area contributed by atoms with E-state index < -0.39 is 5.82 Å². The van der Waals surface area contributed by atoms with Crippen molar-refractivity contribution in [2.45, 2.75) is 0 Å². The summed E-state index contributed by atoms with van der Waals surface area (Å²) in [5, 5.41) is 0.0313. The molecule has 2 aromatic carbocycles. The van der Waals surface area contributed by atoms with Crippen molar-refractivity contribution in [3.63, 3.8) is 0 Å². The average molecular weight is 297 g/mol. The largest absolute Gasteiger partial charge is 0.497 e. The molecule has 0 aliphatic carbocycles. The summed E-state index contributed by atoms with van der Waals surface area (Å²) in [6, 6.07) is 10.6. The molecule has 2 aromatic rings. The van der Waals surface area contributed by atoms with Gasteiger partial charge in [0.05, 0.1) is 17.2 Å². The number of hydrogen-bond donors (Lipinski definition) is 0. The Hall–Kier alpha value is -1.51. The lowest BCUT2D eigenvalue weighted by atomic mass is 10.1. The van der Waals surface area contributed by atoms with Crippen LogP contribution in [0.5, 0.6) is 5.75 Å². The third-order valence-corrected chi connectivity index (χ3v) is 3.14. The Balaban J connectivity index is 2.22. The number of methoxy groups -OCH3 is 1. The summed E-state index contributed by atoms with van der Waals surface area (Å²) in [4.78, 5) is 0. The highest BCUT2D eigenvalue weighted by atomic mass is 35.5. The van der Waals surface area contributed by atoms with Gasteiger partial charge in [0.1, 0.15) is 5.75 Å². The summed E-state index contributed by atoms with van der Waals surface area (Å²) in [5.41, 5.74) is 1.74. The first-order valence-corrected chi connectivity index (χ1v) is 6.32. The Morgan fingerprint density at radius 3 is 2.00 bits per heavy atom. The van der Waals surface area contributed by atoms with Crippen LogP contribution in [0.1, 0.15) is 11.1 Å². The van der Waals surface area contributed by atoms with Crippen molar-refractivity contribution < 1.29 is 9.13 Å². The molecule has 2 rings (SSSR count). The van der Waals surface area contributed by atoms with Crippen molar-refractivity contribution in [2.75, 3.05) is 7.11 Å². The summed E-state index contributed by atoms with van der Waals surface area (Å²) in [6.07, 6.45) is 3.71. The fourth-order valence-corrected chi connectivity index (χ4v) is 2.08. The highest BCUT2D eigenvalue weighted by Gasteiger charge is 2.05. The van der Waals surface area contributed by atoms with E-state index >= 15 is 0 Å². The Morgan fingerprint density at radius 1 is 0.947 bits per heavy atom. The molecule has 0 amide bonds. The van der Waals surface area contributed by atoms with E-state index in [9.17, 15) is 4.39 Å². The molecule has 1 nitrogen and oxygen atoms in total. The molecule has 0 spiro atoms. The van der Waals surface area contributed by atoms with Crippen LogP contribution in [-0.4, -0.2) is 7.11 Å². The minimum atomic E-state index is -0.593. The van der Waals surface area contributed by atoms with Crippen molar-refractivity contribution in [3.05, 3.63) is 63.4 Å². The quantitative estimate of drug-likeness (QED) is 0.551. The molecule has 0 fully saturated rings. The first-order chi connectivity index (χ1) is 9.10. The first kappa shape index (κ1) is 13.9. The minimum absolute atomic E-state index is 0.0156. The monoisotopic (exact) mass is 296 g/mol. The maximum Gasteiger partial charge on any atom is 0.160 e. The molecular formula is C15H11Cl2FO. The zero-order valence-corrected chi connectivity index (χ0v) is 11.7. The van der Waals surface area contributed by atoms with Crippen LogP contribution in [0.3, 0.4) is 0 Å². The van der Waals surface area contributed by atoms with E-state index in [1.54, 1.807) is 7.11 Å². The number of halogens is 3. The van der Waals surface area contributed by atoms with Crippen LogP contribution < -0.4 is 4.74 Å². The zero-order valence-electron chi connectivity index (χ0n) is 10.2. The van der Waals surface area contributed by atoms with Crippen LogP contribution >= 0.6 is 23.2 Å². The van der Waals surface area contributed by atoms with Gasteiger partial charge in [-0.3, -0.25) is 0 Å². The standard InChI is InChI=1S/C15H11Cl2FO/c1-19-12-6-4-10(5-7-12)2-3-11-8-13(16)15(18)14(17)9-11/h2-9H,1H3/b3-2+. The number of ether oxygens (including phenoxy) is 1. The van der Waals surface area contributed by atoms with Crippen LogP contribution in [0.4, 0.5) is 4.39 Å². The van der Waals surface area contributed by atoms with Crippen LogP contribution in [0, 0.1) is 5.82 Å². The van der Waals surface area contributed by atoms with Gasteiger partial charge in [-0.25, -0.2) is 4.39 Å². The van der Waals surface area contributed by atoms with E-state index in [1.807, 2.05) is 36.4 Å². The maximum atomic E-state index is 13.3. The highest BCUT2D eigenvalue weighted by molar-refractivity contribution is 6.35. The molecule has 0 unspecified atom stereocenters. The number of benzene rings is 2. The minimum Gasteiger partial charge on any atom is -0.497 e. The van der Waals surface area contributed by atoms with Crippen molar-refractivity contribution in [1.82, 2.24) is 0 Å². The molecule has 0 bridgehead atoms. The molecule has 0 radical (unpaired) electrons. The van der Waals surface area contributed by atoms with Gasteiger partial charge in [-0.1, -0.05) is 47.5 Å². The summed E-state index contributed by atoms with van der Waals surface area (Å²) >= 11 is 11.5. The Kier molecular flexibility index (Phi) is 4.46. The molecule has 19 heavy (non-hydrogen) atoms. The van der Waals surface area contributed by atoms with Crippen molar-refractivity contribution in [1.29, 1.82) is 0 Å². The molecule has 0 aliphatic rings. The topological polar surface area (TPSA) is 9.23 Å². The van der Waals surface area contributed by atoms with Crippen LogP contribution in [0.25, 0.3) is 12.2 Å². The second kappa shape index (κ2) is 6.09. The summed E-state index contributed by atoms with van der Waals surface area (Å²) < 4.78 is 18.3. The molecule has 0 N–H and O–H groups in total. The van der Waals surface area contributed by atoms with Crippen molar-refractivity contribution >= 4 is 35.4 Å². The molecular weight excluding hydrogens is 286 g/mol. The fourth-order valence-electron chi connectivity index (χ4n) is 1.58. The lowest BCUT2D eigenvalue weighted by Crippen LogP contribution is -1.82. The Labute approximate surface area is 121 Å². The molecule has 0 aliphatic heterocycles. The number of hydrogen-bond acceptors (Lipinski definition) is 1. The number of rotatable bonds is 3. The van der Waals surface area contributed by atoms with Crippen LogP contribution in [-0.2, 0) is 0 Å². The summed E-state index contributed by atoms with van der Waals surface area (Å²) in [6.45, 7) is 0. The Bertz CT molecular complexity index is 583. The van der Waals surface area contributed by atoms with Gasteiger partial charge in [0.25, 0.3) is 0 Å². The highest BCUT2D eigenvalue weighted by Crippen LogP contribution is 2.25. The Morgan fingerprint density at radius 2 is 1.47 bits per heavy atom. The van der Waals surface area contributed by atoms with Crippen molar-refractivity contribution in [2.24, 2.45) is 0 Å². The lowest BCUT2D eigenvalue weighted by molar-refractivity contribution is 0.415. The third kappa shape index (κ3) is 3.49. The van der Waals surface area contributed by atoms with Gasteiger partial charge in [-0.05, 0) is 35.4 Å². The predicted octanol–water partition coefficient (Wildman–Crippen LogP) is 5.31. The van der Waals surface area contributed by atoms with E-state index in [1.165, 1.54) is 12.1 Å². The maximum absolute atomic E-state index is 13.3. The van der Waals surface area contributed by atoms with Gasteiger partial charge in [-0.2, -0.15) is 0 Å². The molecule has 4 heteroatoms. The van der Waals surface area contributed by atoms with Gasteiger partial charge in [0, 0.05) is 0 Å². The molecule has 0 saturated heterocycles. The van der Waals surface area contributed by atoms with Gasteiger partial charge < -0.3 is 4.74 Å². The third-order valence-electron chi connectivity index (χ3n) is 2.59. The molecule has 0 heterocycles. The average Bonchev–Trinajstić information content (AvgIpc) is 2.43. The van der Waals surface area contributed by atoms with Gasteiger partial charge in [-0.15, -0.1) is 0 Å². The fraction of sp³-hybridized carbons (Fsp3) is 0.0667. The van der Waals surface area contributed by atoms with Gasteiger partial charge >= 0.3 is 0 Å². The second-order valence-electron chi connectivity index (χ2n) is 3.91. The smallest absolute Gasteiger partial charge is 0.160 e. The van der Waals surface area contributed by atoms with E-state index in [-0.39, 0.29) is 10.0 Å². The zero-order chi connectivity index (χ0) is 13.8. The van der Waals surface area contributed by atoms with Gasteiger partial charge in [0.2, 0.25) is 0 Å². The van der Waals surface area contributed by atoms with Crippen LogP contribution in [0.15, 0.2) is 36.4 Å². The van der Waals surface area contributed by atoms with E-state index in [0.717, 1.165) is 16.9 Å².